The van der Waals surface area contributed by atoms with Gasteiger partial charge in [0.25, 0.3) is 5.91 Å². The van der Waals surface area contributed by atoms with Crippen LogP contribution in [0.2, 0.25) is 0 Å². The number of amides is 1. The van der Waals surface area contributed by atoms with E-state index in [1.54, 1.807) is 0 Å². The maximum absolute atomic E-state index is 13.6. The molecule has 1 aliphatic rings. The molecular formula is C13H16FNO2S. The number of likely N-dealkylation sites (tertiary alicyclic amines) is 1. The SMILES string of the molecule is CC1CCN(C(=O)c2cc(S)ccc2F)CC1O. The van der Waals surface area contributed by atoms with E-state index in [4.69, 9.17) is 0 Å². The van der Waals surface area contributed by atoms with Crippen molar-refractivity contribution < 1.29 is 14.3 Å². The number of piperidine rings is 1. The van der Waals surface area contributed by atoms with Crippen molar-refractivity contribution in [3.8, 4) is 0 Å². The number of β-amino-alcohol motifs (C(OH)–C–C–N with tert-alkyl or cyclic N) is 1. The second kappa shape index (κ2) is 5.28. The van der Waals surface area contributed by atoms with E-state index in [2.05, 4.69) is 12.6 Å². The Morgan fingerprint density at radius 1 is 1.56 bits per heavy atom. The van der Waals surface area contributed by atoms with Crippen LogP contribution in [0.5, 0.6) is 0 Å². The van der Waals surface area contributed by atoms with Crippen LogP contribution in [-0.4, -0.2) is 35.1 Å². The van der Waals surface area contributed by atoms with Gasteiger partial charge in [-0.2, -0.15) is 0 Å². The average molecular weight is 269 g/mol. The van der Waals surface area contributed by atoms with Gasteiger partial charge in [0.1, 0.15) is 5.82 Å². The molecule has 1 aliphatic heterocycles. The molecule has 1 aromatic rings. The second-order valence-electron chi connectivity index (χ2n) is 4.75. The van der Waals surface area contributed by atoms with Crippen LogP contribution in [0.1, 0.15) is 23.7 Å². The van der Waals surface area contributed by atoms with Gasteiger partial charge < -0.3 is 10.0 Å². The van der Waals surface area contributed by atoms with E-state index >= 15 is 0 Å². The number of halogens is 1. The molecule has 2 unspecified atom stereocenters. The Balaban J connectivity index is 2.19. The van der Waals surface area contributed by atoms with Crippen molar-refractivity contribution in [3.05, 3.63) is 29.6 Å². The first kappa shape index (κ1) is 13.4. The van der Waals surface area contributed by atoms with Crippen molar-refractivity contribution in [2.75, 3.05) is 13.1 Å². The number of carbonyl (C=O) groups excluding carboxylic acids is 1. The van der Waals surface area contributed by atoms with E-state index in [0.29, 0.717) is 11.4 Å². The number of aliphatic hydroxyl groups is 1. The summed E-state index contributed by atoms with van der Waals surface area (Å²) < 4.78 is 13.6. The van der Waals surface area contributed by atoms with E-state index < -0.39 is 11.9 Å². The van der Waals surface area contributed by atoms with E-state index in [1.165, 1.54) is 23.1 Å². The van der Waals surface area contributed by atoms with Gasteiger partial charge in [-0.05, 0) is 30.5 Å². The maximum Gasteiger partial charge on any atom is 0.256 e. The Bertz CT molecular complexity index is 466. The van der Waals surface area contributed by atoms with Gasteiger partial charge in [-0.15, -0.1) is 12.6 Å². The number of benzene rings is 1. The number of aliphatic hydroxyl groups excluding tert-OH is 1. The molecule has 1 amide bonds. The summed E-state index contributed by atoms with van der Waals surface area (Å²) in [4.78, 5) is 14.2. The van der Waals surface area contributed by atoms with Gasteiger partial charge in [0.15, 0.2) is 0 Å². The van der Waals surface area contributed by atoms with Gasteiger partial charge in [0, 0.05) is 18.0 Å². The lowest BCUT2D eigenvalue weighted by Gasteiger charge is -2.34. The van der Waals surface area contributed by atoms with Crippen LogP contribution in [0.4, 0.5) is 4.39 Å². The molecular weight excluding hydrogens is 253 g/mol. The second-order valence-corrected chi connectivity index (χ2v) is 5.27. The van der Waals surface area contributed by atoms with Crippen molar-refractivity contribution in [2.24, 2.45) is 5.92 Å². The highest BCUT2D eigenvalue weighted by Crippen LogP contribution is 2.21. The van der Waals surface area contributed by atoms with Crippen LogP contribution < -0.4 is 0 Å². The molecule has 0 aromatic heterocycles. The first-order valence-corrected chi connectivity index (χ1v) is 6.39. The molecule has 1 fully saturated rings. The normalized spacial score (nSPS) is 24.1. The molecule has 98 valence electrons. The highest BCUT2D eigenvalue weighted by molar-refractivity contribution is 7.80. The minimum atomic E-state index is -0.550. The first-order valence-electron chi connectivity index (χ1n) is 5.95. The van der Waals surface area contributed by atoms with Gasteiger partial charge in [0.05, 0.1) is 11.7 Å². The molecule has 2 rings (SSSR count). The zero-order chi connectivity index (χ0) is 13.3. The number of nitrogens with zero attached hydrogens (tertiary/aromatic N) is 1. The standard InChI is InChI=1S/C13H16FNO2S/c1-8-4-5-15(7-12(8)16)13(17)10-6-9(18)2-3-11(10)14/h2-3,6,8,12,16,18H,4-5,7H2,1H3. The minimum Gasteiger partial charge on any atom is -0.391 e. The number of hydrogen-bond donors (Lipinski definition) is 2. The molecule has 3 nitrogen and oxygen atoms in total. The molecule has 0 aliphatic carbocycles. The quantitative estimate of drug-likeness (QED) is 0.765. The number of thiol groups is 1. The molecule has 1 aromatic carbocycles. The molecule has 0 radical (unpaired) electrons. The fourth-order valence-corrected chi connectivity index (χ4v) is 2.28. The maximum atomic E-state index is 13.6. The van der Waals surface area contributed by atoms with Crippen molar-refractivity contribution in [1.82, 2.24) is 4.90 Å². The van der Waals surface area contributed by atoms with Crippen LogP contribution in [0, 0.1) is 11.7 Å². The van der Waals surface area contributed by atoms with Gasteiger partial charge in [0.2, 0.25) is 0 Å². The number of rotatable bonds is 1. The number of carbonyl (C=O) groups is 1. The fraction of sp³-hybridized carbons (Fsp3) is 0.462. The Morgan fingerprint density at radius 2 is 2.28 bits per heavy atom. The Kier molecular flexibility index (Phi) is 3.92. The predicted octanol–water partition coefficient (Wildman–Crippen LogP) is 1.96. The summed E-state index contributed by atoms with van der Waals surface area (Å²) in [6.07, 6.45) is 0.194. The molecule has 0 spiro atoms. The molecule has 0 bridgehead atoms. The van der Waals surface area contributed by atoms with E-state index in [0.717, 1.165) is 6.42 Å². The highest BCUT2D eigenvalue weighted by atomic mass is 32.1. The molecule has 2 atom stereocenters. The highest BCUT2D eigenvalue weighted by Gasteiger charge is 2.28. The van der Waals surface area contributed by atoms with Crippen LogP contribution in [0.15, 0.2) is 23.1 Å². The number of hydrogen-bond acceptors (Lipinski definition) is 3. The van der Waals surface area contributed by atoms with Crippen molar-refractivity contribution in [3.63, 3.8) is 0 Å². The van der Waals surface area contributed by atoms with Gasteiger partial charge in [-0.1, -0.05) is 6.92 Å². The lowest BCUT2D eigenvalue weighted by atomic mass is 9.95. The fourth-order valence-electron chi connectivity index (χ4n) is 2.08. The topological polar surface area (TPSA) is 40.5 Å². The largest absolute Gasteiger partial charge is 0.391 e. The van der Waals surface area contributed by atoms with E-state index in [9.17, 15) is 14.3 Å². The lowest BCUT2D eigenvalue weighted by Crippen LogP contribution is -2.46. The van der Waals surface area contributed by atoms with Crippen molar-refractivity contribution in [1.29, 1.82) is 0 Å². The van der Waals surface area contributed by atoms with E-state index in [1.807, 2.05) is 6.92 Å². The van der Waals surface area contributed by atoms with Gasteiger partial charge >= 0.3 is 0 Å². The Morgan fingerprint density at radius 3 is 2.94 bits per heavy atom. The van der Waals surface area contributed by atoms with Crippen LogP contribution in [0.25, 0.3) is 0 Å². The summed E-state index contributed by atoms with van der Waals surface area (Å²) in [5, 5.41) is 9.77. The summed E-state index contributed by atoms with van der Waals surface area (Å²) in [5.41, 5.74) is 0.0178. The smallest absolute Gasteiger partial charge is 0.256 e. The molecule has 0 saturated carbocycles. The van der Waals surface area contributed by atoms with Gasteiger partial charge in [-0.3, -0.25) is 4.79 Å². The molecule has 5 heteroatoms. The van der Waals surface area contributed by atoms with Crippen LogP contribution in [-0.2, 0) is 0 Å². The molecule has 1 N–H and O–H groups in total. The Hall–Kier alpha value is -1.07. The predicted molar refractivity (Wildman–Crippen MR) is 69.3 cm³/mol. The van der Waals surface area contributed by atoms with Crippen molar-refractivity contribution >= 4 is 18.5 Å². The zero-order valence-electron chi connectivity index (χ0n) is 10.1. The average Bonchev–Trinajstić information content (AvgIpc) is 2.35. The Labute approximate surface area is 111 Å². The lowest BCUT2D eigenvalue weighted by molar-refractivity contribution is 0.0246. The summed E-state index contributed by atoms with van der Waals surface area (Å²) in [7, 11) is 0. The summed E-state index contributed by atoms with van der Waals surface area (Å²) in [6, 6.07) is 4.16. The third kappa shape index (κ3) is 2.67. The summed E-state index contributed by atoms with van der Waals surface area (Å²) in [6.45, 7) is 2.75. The first-order chi connectivity index (χ1) is 8.49. The zero-order valence-corrected chi connectivity index (χ0v) is 11.0. The monoisotopic (exact) mass is 269 g/mol. The third-order valence-electron chi connectivity index (χ3n) is 3.39. The van der Waals surface area contributed by atoms with Crippen LogP contribution in [0.3, 0.4) is 0 Å². The minimum absolute atomic E-state index is 0.0178. The van der Waals surface area contributed by atoms with E-state index in [-0.39, 0.29) is 23.9 Å². The van der Waals surface area contributed by atoms with Crippen LogP contribution >= 0.6 is 12.6 Å². The van der Waals surface area contributed by atoms with Gasteiger partial charge in [-0.25, -0.2) is 4.39 Å². The third-order valence-corrected chi connectivity index (χ3v) is 3.66. The van der Waals surface area contributed by atoms with Crippen molar-refractivity contribution in [2.45, 2.75) is 24.3 Å². The summed E-state index contributed by atoms with van der Waals surface area (Å²) >= 11 is 4.11. The molecule has 1 heterocycles. The summed E-state index contributed by atoms with van der Waals surface area (Å²) in [5.74, 6) is -0.754. The molecule has 18 heavy (non-hydrogen) atoms. The molecule has 1 saturated heterocycles.